The summed E-state index contributed by atoms with van der Waals surface area (Å²) in [6, 6.07) is 10.3. The first-order chi connectivity index (χ1) is 10.7. The molecule has 116 valence electrons. The van der Waals surface area contributed by atoms with Crippen molar-refractivity contribution in [3.63, 3.8) is 0 Å². The summed E-state index contributed by atoms with van der Waals surface area (Å²) in [5.74, 6) is 0. The summed E-state index contributed by atoms with van der Waals surface area (Å²) in [5, 5.41) is 4.25. The number of hydrogen-bond acceptors (Lipinski definition) is 3. The molecule has 1 aliphatic rings. The predicted octanol–water partition coefficient (Wildman–Crippen LogP) is 4.57. The molecule has 0 spiro atoms. The summed E-state index contributed by atoms with van der Waals surface area (Å²) in [7, 11) is 0. The molecule has 1 saturated heterocycles. The van der Waals surface area contributed by atoms with Crippen LogP contribution in [0.25, 0.3) is 0 Å². The highest BCUT2D eigenvalue weighted by atomic mass is 35.5. The van der Waals surface area contributed by atoms with E-state index in [1.165, 1.54) is 4.88 Å². The maximum atomic E-state index is 6.15. The third-order valence-electron chi connectivity index (χ3n) is 3.84. The molecule has 3 heterocycles. The topological polar surface area (TPSA) is 28.2 Å². The molecule has 3 nitrogen and oxygen atoms in total. The minimum Gasteiger partial charge on any atom is -0.352 e. The van der Waals surface area contributed by atoms with Crippen LogP contribution in [0.1, 0.15) is 42.4 Å². The fraction of sp³-hybridized carbons (Fsp3) is 0.375. The lowest BCUT2D eigenvalue weighted by atomic mass is 10.0. The van der Waals surface area contributed by atoms with Crippen LogP contribution in [0.15, 0.2) is 36.5 Å². The first-order valence-electron chi connectivity index (χ1n) is 7.44. The van der Waals surface area contributed by atoms with Gasteiger partial charge in [-0.05, 0) is 42.9 Å². The zero-order valence-electron chi connectivity index (χ0n) is 12.3. The number of pyridine rings is 1. The summed E-state index contributed by atoms with van der Waals surface area (Å²) in [6.07, 6.45) is 4.09. The number of thiophene rings is 1. The largest absolute Gasteiger partial charge is 0.352 e. The molecular formula is C16H18ClN3S2. The number of unbranched alkanes of at least 4 members (excludes halogenated alkanes) is 1. The van der Waals surface area contributed by atoms with E-state index in [0.29, 0.717) is 0 Å². The van der Waals surface area contributed by atoms with Crippen LogP contribution in [0.5, 0.6) is 0 Å². The van der Waals surface area contributed by atoms with E-state index in [2.05, 4.69) is 28.2 Å². The van der Waals surface area contributed by atoms with Crippen molar-refractivity contribution in [1.82, 2.24) is 15.2 Å². The Balaban J connectivity index is 1.96. The van der Waals surface area contributed by atoms with Gasteiger partial charge in [0.1, 0.15) is 0 Å². The van der Waals surface area contributed by atoms with Crippen molar-refractivity contribution in [3.05, 3.63) is 51.4 Å². The van der Waals surface area contributed by atoms with E-state index in [1.54, 1.807) is 11.3 Å². The van der Waals surface area contributed by atoms with Gasteiger partial charge in [0.15, 0.2) is 5.11 Å². The summed E-state index contributed by atoms with van der Waals surface area (Å²) in [4.78, 5) is 8.02. The number of thiocarbonyl (C=S) groups is 1. The van der Waals surface area contributed by atoms with Gasteiger partial charge in [0.25, 0.3) is 0 Å². The molecule has 2 aromatic heterocycles. The maximum absolute atomic E-state index is 6.15. The second-order valence-electron chi connectivity index (χ2n) is 5.32. The van der Waals surface area contributed by atoms with E-state index < -0.39 is 0 Å². The van der Waals surface area contributed by atoms with E-state index >= 15 is 0 Å². The smallest absolute Gasteiger partial charge is 0.170 e. The number of nitrogens with one attached hydrogen (secondary N) is 1. The lowest BCUT2D eigenvalue weighted by Gasteiger charge is -2.26. The van der Waals surface area contributed by atoms with E-state index in [1.807, 2.05) is 30.5 Å². The molecule has 2 aromatic rings. The van der Waals surface area contributed by atoms with Crippen molar-refractivity contribution in [1.29, 1.82) is 0 Å². The molecular weight excluding hydrogens is 334 g/mol. The quantitative estimate of drug-likeness (QED) is 0.799. The molecule has 0 amide bonds. The first kappa shape index (κ1) is 15.7. The van der Waals surface area contributed by atoms with Crippen LogP contribution in [-0.4, -0.2) is 21.5 Å². The Morgan fingerprint density at radius 2 is 2.23 bits per heavy atom. The molecule has 2 atom stereocenters. The summed E-state index contributed by atoms with van der Waals surface area (Å²) in [6.45, 7) is 3.14. The third-order valence-corrected chi connectivity index (χ3v) is 5.49. The first-order valence-corrected chi connectivity index (χ1v) is 9.04. The van der Waals surface area contributed by atoms with Crippen molar-refractivity contribution >= 4 is 40.3 Å². The molecule has 3 rings (SSSR count). The highest BCUT2D eigenvalue weighted by Gasteiger charge is 2.40. The fourth-order valence-corrected chi connectivity index (χ4v) is 4.31. The second kappa shape index (κ2) is 6.94. The Morgan fingerprint density at radius 1 is 1.36 bits per heavy atom. The average Bonchev–Trinajstić information content (AvgIpc) is 3.09. The predicted molar refractivity (Wildman–Crippen MR) is 96.4 cm³/mol. The highest BCUT2D eigenvalue weighted by molar-refractivity contribution is 7.80. The summed E-state index contributed by atoms with van der Waals surface area (Å²) < 4.78 is 0.808. The molecule has 0 unspecified atom stereocenters. The molecule has 0 radical (unpaired) electrons. The zero-order chi connectivity index (χ0) is 15.5. The van der Waals surface area contributed by atoms with Crippen LogP contribution < -0.4 is 5.32 Å². The highest BCUT2D eigenvalue weighted by Crippen LogP contribution is 2.42. The van der Waals surface area contributed by atoms with E-state index in [0.717, 1.165) is 34.5 Å². The van der Waals surface area contributed by atoms with E-state index in [4.69, 9.17) is 23.8 Å². The van der Waals surface area contributed by atoms with Gasteiger partial charge in [0.2, 0.25) is 0 Å². The molecule has 22 heavy (non-hydrogen) atoms. The van der Waals surface area contributed by atoms with Gasteiger partial charge in [-0.2, -0.15) is 0 Å². The number of nitrogens with zero attached hydrogens (tertiary/aromatic N) is 2. The van der Waals surface area contributed by atoms with Crippen molar-refractivity contribution in [2.24, 2.45) is 0 Å². The van der Waals surface area contributed by atoms with Crippen LogP contribution >= 0.6 is 35.2 Å². The Hall–Kier alpha value is -1.17. The molecule has 0 saturated carbocycles. The monoisotopic (exact) mass is 351 g/mol. The van der Waals surface area contributed by atoms with E-state index in [-0.39, 0.29) is 12.1 Å². The zero-order valence-corrected chi connectivity index (χ0v) is 14.7. The van der Waals surface area contributed by atoms with Crippen LogP contribution in [0.3, 0.4) is 0 Å². The van der Waals surface area contributed by atoms with Crippen LogP contribution in [0.2, 0.25) is 4.34 Å². The van der Waals surface area contributed by atoms with Crippen molar-refractivity contribution in [3.8, 4) is 0 Å². The van der Waals surface area contributed by atoms with Crippen LogP contribution in [-0.2, 0) is 0 Å². The SMILES string of the molecule is CCCCN1C(=S)N[C@@H](c2ccccn2)[C@H]1c1ccc(Cl)s1. The van der Waals surface area contributed by atoms with Crippen LogP contribution in [0.4, 0.5) is 0 Å². The van der Waals surface area contributed by atoms with Crippen molar-refractivity contribution in [2.45, 2.75) is 31.8 Å². The fourth-order valence-electron chi connectivity index (χ4n) is 2.77. The summed E-state index contributed by atoms with van der Waals surface area (Å²) >= 11 is 13.3. The molecule has 0 aliphatic carbocycles. The van der Waals surface area contributed by atoms with Gasteiger partial charge in [0.05, 0.1) is 22.1 Å². The Labute approximate surface area is 145 Å². The molecule has 1 aliphatic heterocycles. The lowest BCUT2D eigenvalue weighted by Crippen LogP contribution is -2.30. The third kappa shape index (κ3) is 3.12. The van der Waals surface area contributed by atoms with Gasteiger partial charge < -0.3 is 10.2 Å². The van der Waals surface area contributed by atoms with Crippen molar-refractivity contribution < 1.29 is 0 Å². The number of hydrogen-bond donors (Lipinski definition) is 1. The number of aromatic nitrogens is 1. The van der Waals surface area contributed by atoms with Gasteiger partial charge in [-0.25, -0.2) is 0 Å². The minimum atomic E-state index is 0.0697. The molecule has 0 aromatic carbocycles. The molecule has 1 fully saturated rings. The van der Waals surface area contributed by atoms with Gasteiger partial charge in [-0.1, -0.05) is 31.0 Å². The van der Waals surface area contributed by atoms with Crippen LogP contribution in [0, 0.1) is 0 Å². The van der Waals surface area contributed by atoms with Gasteiger partial charge in [-0.15, -0.1) is 11.3 Å². The van der Waals surface area contributed by atoms with Gasteiger partial charge in [0, 0.05) is 17.6 Å². The maximum Gasteiger partial charge on any atom is 0.170 e. The van der Waals surface area contributed by atoms with Crippen molar-refractivity contribution in [2.75, 3.05) is 6.54 Å². The summed E-state index contributed by atoms with van der Waals surface area (Å²) in [5.41, 5.74) is 1.01. The number of rotatable bonds is 5. The Kier molecular flexibility index (Phi) is 4.96. The van der Waals surface area contributed by atoms with Gasteiger partial charge in [-0.3, -0.25) is 4.98 Å². The standard InChI is InChI=1S/C16H18ClN3S2/c1-2-3-10-20-15(12-7-8-13(17)22-12)14(19-16(20)21)11-6-4-5-9-18-11/h4-9,14-15H,2-3,10H2,1H3,(H,19,21)/t14-,15+/m0/s1. The lowest BCUT2D eigenvalue weighted by molar-refractivity contribution is 0.317. The Bertz CT molecular complexity index is 644. The Morgan fingerprint density at radius 3 is 2.86 bits per heavy atom. The second-order valence-corrected chi connectivity index (χ2v) is 7.45. The average molecular weight is 352 g/mol. The minimum absolute atomic E-state index is 0.0697. The molecule has 0 bridgehead atoms. The molecule has 6 heteroatoms. The normalized spacial score (nSPS) is 21.2. The number of halogens is 1. The van der Waals surface area contributed by atoms with E-state index in [9.17, 15) is 0 Å². The molecule has 1 N–H and O–H groups in total. The van der Waals surface area contributed by atoms with Gasteiger partial charge >= 0.3 is 0 Å².